The Morgan fingerprint density at radius 2 is 1.76 bits per heavy atom. The Labute approximate surface area is 199 Å². The van der Waals surface area contributed by atoms with Crippen molar-refractivity contribution < 1.29 is 9.53 Å². The highest BCUT2D eigenvalue weighted by Crippen LogP contribution is 2.29. The molecule has 0 radical (unpaired) electrons. The standard InChI is InChI=1S/C25H20N6O2S/c1-16-23(34-25(27-16)18-6-4-3-5-7-18)24(32)28-19-8-10-20(11-9-19)33-22-13-12-21(29-30-22)31-15-14-26-17(31)2/h3-15H,1-2H3,(H,28,32). The average molecular weight is 469 g/mol. The SMILES string of the molecule is Cc1nc(-c2ccccc2)sc1C(=O)Nc1ccc(Oc2ccc(-n3ccnc3C)nn2)cc1. The van der Waals surface area contributed by atoms with Gasteiger partial charge in [-0.05, 0) is 44.2 Å². The fourth-order valence-electron chi connectivity index (χ4n) is 3.34. The number of ether oxygens (including phenoxy) is 1. The number of benzene rings is 2. The molecule has 3 aromatic heterocycles. The Morgan fingerprint density at radius 1 is 0.971 bits per heavy atom. The van der Waals surface area contributed by atoms with Crippen LogP contribution in [0, 0.1) is 13.8 Å². The average Bonchev–Trinajstić information content (AvgIpc) is 3.47. The summed E-state index contributed by atoms with van der Waals surface area (Å²) in [5.41, 5.74) is 2.35. The summed E-state index contributed by atoms with van der Waals surface area (Å²) in [6.45, 7) is 3.74. The number of aromatic nitrogens is 5. The second-order valence-electron chi connectivity index (χ2n) is 7.45. The molecule has 1 N–H and O–H groups in total. The van der Waals surface area contributed by atoms with Crippen LogP contribution in [0.5, 0.6) is 11.6 Å². The lowest BCUT2D eigenvalue weighted by molar-refractivity contribution is 0.103. The highest BCUT2D eigenvalue weighted by atomic mass is 32.1. The first-order chi connectivity index (χ1) is 16.6. The predicted octanol–water partition coefficient (Wildman–Crippen LogP) is 5.45. The number of imidazole rings is 1. The van der Waals surface area contributed by atoms with Crippen LogP contribution in [0.25, 0.3) is 16.4 Å². The lowest BCUT2D eigenvalue weighted by Gasteiger charge is -2.08. The van der Waals surface area contributed by atoms with Gasteiger partial charge in [-0.25, -0.2) is 9.97 Å². The van der Waals surface area contributed by atoms with Crippen molar-refractivity contribution in [1.82, 2.24) is 24.7 Å². The molecule has 5 rings (SSSR count). The van der Waals surface area contributed by atoms with E-state index in [4.69, 9.17) is 4.74 Å². The first-order valence-electron chi connectivity index (χ1n) is 10.5. The molecule has 34 heavy (non-hydrogen) atoms. The topological polar surface area (TPSA) is 94.8 Å². The highest BCUT2D eigenvalue weighted by Gasteiger charge is 2.16. The first kappa shape index (κ1) is 21.5. The van der Waals surface area contributed by atoms with E-state index in [-0.39, 0.29) is 5.91 Å². The maximum atomic E-state index is 12.8. The van der Waals surface area contributed by atoms with E-state index in [1.54, 1.807) is 36.5 Å². The van der Waals surface area contributed by atoms with Crippen LogP contribution in [-0.2, 0) is 0 Å². The molecule has 3 heterocycles. The zero-order valence-electron chi connectivity index (χ0n) is 18.5. The van der Waals surface area contributed by atoms with Crippen LogP contribution in [0.4, 0.5) is 5.69 Å². The summed E-state index contributed by atoms with van der Waals surface area (Å²) in [5.74, 6) is 2.24. The second kappa shape index (κ2) is 9.24. The number of hydrogen-bond acceptors (Lipinski definition) is 7. The molecule has 168 valence electrons. The third-order valence-corrected chi connectivity index (χ3v) is 6.26. The number of aryl methyl sites for hydroxylation is 2. The van der Waals surface area contributed by atoms with E-state index < -0.39 is 0 Å². The Balaban J connectivity index is 1.24. The van der Waals surface area contributed by atoms with Crippen molar-refractivity contribution in [2.45, 2.75) is 13.8 Å². The molecule has 0 aliphatic rings. The zero-order valence-corrected chi connectivity index (χ0v) is 19.3. The summed E-state index contributed by atoms with van der Waals surface area (Å²) in [7, 11) is 0. The molecule has 0 spiro atoms. The van der Waals surface area contributed by atoms with Crippen LogP contribution >= 0.6 is 11.3 Å². The smallest absolute Gasteiger partial charge is 0.267 e. The molecule has 0 bridgehead atoms. The number of nitrogens with one attached hydrogen (secondary N) is 1. The van der Waals surface area contributed by atoms with E-state index in [9.17, 15) is 4.79 Å². The molecule has 0 aliphatic heterocycles. The van der Waals surface area contributed by atoms with Crippen molar-refractivity contribution in [2.24, 2.45) is 0 Å². The van der Waals surface area contributed by atoms with Gasteiger partial charge in [-0.15, -0.1) is 21.5 Å². The van der Waals surface area contributed by atoms with E-state index in [1.807, 2.05) is 61.0 Å². The number of amides is 1. The van der Waals surface area contributed by atoms with Gasteiger partial charge >= 0.3 is 0 Å². The normalized spacial score (nSPS) is 10.8. The maximum absolute atomic E-state index is 12.8. The summed E-state index contributed by atoms with van der Waals surface area (Å²) in [4.78, 5) is 22.1. The van der Waals surface area contributed by atoms with Gasteiger partial charge in [0.1, 0.15) is 21.5 Å². The van der Waals surface area contributed by atoms with Gasteiger partial charge in [0, 0.05) is 29.7 Å². The molecule has 1 amide bonds. The van der Waals surface area contributed by atoms with E-state index in [0.29, 0.717) is 33.7 Å². The van der Waals surface area contributed by atoms with Crippen LogP contribution in [-0.4, -0.2) is 30.6 Å². The van der Waals surface area contributed by atoms with Gasteiger partial charge < -0.3 is 10.1 Å². The molecule has 0 saturated heterocycles. The molecular formula is C25H20N6O2S. The predicted molar refractivity (Wildman–Crippen MR) is 131 cm³/mol. The van der Waals surface area contributed by atoms with E-state index in [0.717, 1.165) is 16.4 Å². The third kappa shape index (κ3) is 4.55. The molecule has 5 aromatic rings. The molecule has 0 unspecified atom stereocenters. The first-order valence-corrected chi connectivity index (χ1v) is 11.3. The lowest BCUT2D eigenvalue weighted by atomic mass is 10.2. The Morgan fingerprint density at radius 3 is 2.44 bits per heavy atom. The number of nitrogens with zero attached hydrogens (tertiary/aromatic N) is 5. The molecule has 0 saturated carbocycles. The fraction of sp³-hybridized carbons (Fsp3) is 0.0800. The summed E-state index contributed by atoms with van der Waals surface area (Å²) in [6, 6.07) is 20.5. The number of carbonyl (C=O) groups is 1. The van der Waals surface area contributed by atoms with Crippen molar-refractivity contribution in [1.29, 1.82) is 0 Å². The van der Waals surface area contributed by atoms with Crippen LogP contribution in [0.2, 0.25) is 0 Å². The largest absolute Gasteiger partial charge is 0.438 e. The van der Waals surface area contributed by atoms with Gasteiger partial charge in [0.25, 0.3) is 5.91 Å². The van der Waals surface area contributed by atoms with Crippen molar-refractivity contribution in [2.75, 3.05) is 5.32 Å². The summed E-state index contributed by atoms with van der Waals surface area (Å²) < 4.78 is 7.61. The Hall–Kier alpha value is -4.37. The molecule has 2 aromatic carbocycles. The van der Waals surface area contributed by atoms with Gasteiger partial charge in [-0.3, -0.25) is 9.36 Å². The van der Waals surface area contributed by atoms with Gasteiger partial charge in [0.2, 0.25) is 5.88 Å². The van der Waals surface area contributed by atoms with Gasteiger partial charge in [0.15, 0.2) is 5.82 Å². The summed E-state index contributed by atoms with van der Waals surface area (Å²) in [5, 5.41) is 12.1. The minimum atomic E-state index is -0.192. The molecular weight excluding hydrogens is 448 g/mol. The van der Waals surface area contributed by atoms with Crippen LogP contribution < -0.4 is 10.1 Å². The van der Waals surface area contributed by atoms with Crippen LogP contribution in [0.1, 0.15) is 21.2 Å². The Kier molecular flexibility index (Phi) is 5.84. The lowest BCUT2D eigenvalue weighted by Crippen LogP contribution is -2.11. The van der Waals surface area contributed by atoms with Crippen LogP contribution in [0.3, 0.4) is 0 Å². The van der Waals surface area contributed by atoms with E-state index in [2.05, 4.69) is 25.5 Å². The molecule has 9 heteroatoms. The van der Waals surface area contributed by atoms with Gasteiger partial charge in [-0.2, -0.15) is 0 Å². The van der Waals surface area contributed by atoms with E-state index >= 15 is 0 Å². The highest BCUT2D eigenvalue weighted by molar-refractivity contribution is 7.17. The van der Waals surface area contributed by atoms with Crippen molar-refractivity contribution in [3.05, 3.63) is 95.5 Å². The second-order valence-corrected chi connectivity index (χ2v) is 8.45. The van der Waals surface area contributed by atoms with E-state index in [1.165, 1.54) is 11.3 Å². The minimum absolute atomic E-state index is 0.192. The zero-order chi connectivity index (χ0) is 23.5. The molecule has 8 nitrogen and oxygen atoms in total. The quantitative estimate of drug-likeness (QED) is 0.356. The number of thiazole rings is 1. The minimum Gasteiger partial charge on any atom is -0.438 e. The fourth-order valence-corrected chi connectivity index (χ4v) is 4.31. The van der Waals surface area contributed by atoms with Gasteiger partial charge in [-0.1, -0.05) is 30.3 Å². The number of hydrogen-bond donors (Lipinski definition) is 1. The molecule has 0 fully saturated rings. The van der Waals surface area contributed by atoms with Crippen LogP contribution in [0.15, 0.2) is 79.1 Å². The summed E-state index contributed by atoms with van der Waals surface area (Å²) >= 11 is 1.38. The number of rotatable bonds is 6. The maximum Gasteiger partial charge on any atom is 0.267 e. The molecule has 0 atom stereocenters. The number of carbonyl (C=O) groups excluding carboxylic acids is 1. The summed E-state index contributed by atoms with van der Waals surface area (Å²) in [6.07, 6.45) is 3.53. The van der Waals surface area contributed by atoms with Crippen molar-refractivity contribution in [3.63, 3.8) is 0 Å². The third-order valence-electron chi connectivity index (χ3n) is 5.06. The van der Waals surface area contributed by atoms with Crippen molar-refractivity contribution >= 4 is 22.9 Å². The van der Waals surface area contributed by atoms with Gasteiger partial charge in [0.05, 0.1) is 5.69 Å². The Bertz CT molecular complexity index is 1430. The monoisotopic (exact) mass is 468 g/mol. The number of anilines is 1. The van der Waals surface area contributed by atoms with Crippen molar-refractivity contribution in [3.8, 4) is 28.0 Å². The molecule has 0 aliphatic carbocycles.